The molecule has 1 aliphatic heterocycles. The van der Waals surface area contributed by atoms with Crippen molar-refractivity contribution in [2.75, 3.05) is 19.6 Å². The normalized spacial score (nSPS) is 36.5. The van der Waals surface area contributed by atoms with Crippen molar-refractivity contribution < 1.29 is 9.59 Å². The fourth-order valence-electron chi connectivity index (χ4n) is 5.21. The number of carbonyl (C=O) groups is 2. The van der Waals surface area contributed by atoms with Crippen molar-refractivity contribution in [3.8, 4) is 0 Å². The quantitative estimate of drug-likeness (QED) is 0.224. The van der Waals surface area contributed by atoms with Gasteiger partial charge in [0.25, 0.3) is 0 Å². The summed E-state index contributed by atoms with van der Waals surface area (Å²) >= 11 is 0. The zero-order chi connectivity index (χ0) is 19.0. The molecule has 0 aromatic heterocycles. The molecule has 0 aromatic rings. The lowest BCUT2D eigenvalue weighted by Gasteiger charge is -2.17. The van der Waals surface area contributed by atoms with Crippen LogP contribution in [-0.4, -0.2) is 48.3 Å². The smallest absolute Gasteiger partial charge is 0.233 e. The van der Waals surface area contributed by atoms with Gasteiger partial charge in [0.2, 0.25) is 11.8 Å². The van der Waals surface area contributed by atoms with Crippen LogP contribution in [0.4, 0.5) is 0 Å². The lowest BCUT2D eigenvalue weighted by molar-refractivity contribution is -0.140. The number of carbonyl (C=O) groups excluding carboxylic acids is 2. The number of amides is 2. The van der Waals surface area contributed by atoms with Gasteiger partial charge in [-0.2, -0.15) is 0 Å². The number of likely N-dealkylation sites (tertiary alicyclic amines) is 1. The Kier molecular flexibility index (Phi) is 5.24. The van der Waals surface area contributed by atoms with Crippen LogP contribution in [0.15, 0.2) is 17.1 Å². The van der Waals surface area contributed by atoms with Crippen LogP contribution in [0, 0.1) is 29.6 Å². The molecule has 1 saturated heterocycles. The van der Waals surface area contributed by atoms with Gasteiger partial charge in [0.1, 0.15) is 0 Å². The summed E-state index contributed by atoms with van der Waals surface area (Å²) in [5.41, 5.74) is 0. The maximum atomic E-state index is 12.7. The van der Waals surface area contributed by atoms with Gasteiger partial charge >= 0.3 is 0 Å². The summed E-state index contributed by atoms with van der Waals surface area (Å²) in [6, 6.07) is 0.548. The average molecular weight is 373 g/mol. The Hall–Kier alpha value is -1.85. The fraction of sp³-hybridized carbons (Fsp3) is 0.762. The van der Waals surface area contributed by atoms with Crippen LogP contribution in [0.3, 0.4) is 0 Å². The van der Waals surface area contributed by atoms with Gasteiger partial charge in [-0.15, -0.1) is 0 Å². The first-order valence-electron chi connectivity index (χ1n) is 10.7. The molecule has 6 nitrogen and oxygen atoms in total. The van der Waals surface area contributed by atoms with E-state index < -0.39 is 0 Å². The molecule has 2 amide bonds. The van der Waals surface area contributed by atoms with Crippen molar-refractivity contribution in [2.24, 2.45) is 34.6 Å². The predicted octanol–water partition coefficient (Wildman–Crippen LogP) is 1.93. The minimum atomic E-state index is -0.0830. The molecule has 0 radical (unpaired) electrons. The Morgan fingerprint density at radius 2 is 1.85 bits per heavy atom. The minimum Gasteiger partial charge on any atom is -0.357 e. The van der Waals surface area contributed by atoms with Crippen LogP contribution in [0.2, 0.25) is 0 Å². The number of fused-ring (bicyclic) bond motifs is 5. The highest BCUT2D eigenvalue weighted by Crippen LogP contribution is 2.52. The van der Waals surface area contributed by atoms with Crippen LogP contribution >= 0.6 is 0 Å². The Balaban J connectivity index is 1.26. The van der Waals surface area contributed by atoms with Gasteiger partial charge in [-0.05, 0) is 50.4 Å². The highest BCUT2D eigenvalue weighted by atomic mass is 16.2. The average Bonchev–Trinajstić information content (AvgIpc) is 3.00. The van der Waals surface area contributed by atoms with E-state index in [4.69, 9.17) is 0 Å². The van der Waals surface area contributed by atoms with Gasteiger partial charge in [0.05, 0.1) is 11.8 Å². The van der Waals surface area contributed by atoms with Gasteiger partial charge in [0.15, 0.2) is 5.96 Å². The first kappa shape index (κ1) is 18.5. The summed E-state index contributed by atoms with van der Waals surface area (Å²) in [5.74, 6) is 2.16. The van der Waals surface area contributed by atoms with E-state index in [1.807, 2.05) is 0 Å². The summed E-state index contributed by atoms with van der Waals surface area (Å²) in [7, 11) is 0. The van der Waals surface area contributed by atoms with Gasteiger partial charge in [-0.3, -0.25) is 19.5 Å². The van der Waals surface area contributed by atoms with E-state index >= 15 is 0 Å². The zero-order valence-corrected chi connectivity index (χ0v) is 16.5. The lowest BCUT2D eigenvalue weighted by Crippen LogP contribution is -2.39. The first-order valence-corrected chi connectivity index (χ1v) is 10.7. The molecule has 4 rings (SSSR count). The van der Waals surface area contributed by atoms with Gasteiger partial charge in [0, 0.05) is 25.7 Å². The highest BCUT2D eigenvalue weighted by molar-refractivity contribution is 6.06. The zero-order valence-electron chi connectivity index (χ0n) is 16.5. The molecule has 3 aliphatic carbocycles. The molecule has 0 aromatic carbocycles. The Morgan fingerprint density at radius 3 is 2.48 bits per heavy atom. The first-order chi connectivity index (χ1) is 13.1. The third-order valence-corrected chi connectivity index (χ3v) is 6.62. The van der Waals surface area contributed by atoms with Crippen molar-refractivity contribution in [1.29, 1.82) is 0 Å². The van der Waals surface area contributed by atoms with Crippen molar-refractivity contribution in [3.63, 3.8) is 0 Å². The number of hydrogen-bond donors (Lipinski definition) is 2. The summed E-state index contributed by atoms with van der Waals surface area (Å²) in [6.07, 6.45) is 9.73. The molecule has 27 heavy (non-hydrogen) atoms. The lowest BCUT2D eigenvalue weighted by atomic mass is 9.85. The van der Waals surface area contributed by atoms with E-state index in [0.29, 0.717) is 31.0 Å². The molecule has 1 heterocycles. The topological polar surface area (TPSA) is 73.8 Å². The molecule has 4 aliphatic rings. The number of rotatable bonds is 8. The molecular formula is C21H32N4O2. The van der Waals surface area contributed by atoms with Gasteiger partial charge in [-0.25, -0.2) is 0 Å². The second kappa shape index (κ2) is 7.64. The van der Waals surface area contributed by atoms with Crippen LogP contribution in [-0.2, 0) is 9.59 Å². The third-order valence-electron chi connectivity index (χ3n) is 6.62. The Morgan fingerprint density at radius 1 is 1.15 bits per heavy atom. The molecule has 2 N–H and O–H groups in total. The summed E-state index contributed by atoms with van der Waals surface area (Å²) in [5, 5.41) is 6.81. The van der Waals surface area contributed by atoms with Crippen molar-refractivity contribution in [3.05, 3.63) is 12.2 Å². The van der Waals surface area contributed by atoms with E-state index in [9.17, 15) is 9.59 Å². The summed E-state index contributed by atoms with van der Waals surface area (Å²) in [6.45, 7) is 6.24. The number of nitrogens with zero attached hydrogens (tertiary/aromatic N) is 2. The molecule has 148 valence electrons. The molecule has 6 unspecified atom stereocenters. The Bertz CT molecular complexity index is 629. The van der Waals surface area contributed by atoms with Gasteiger partial charge < -0.3 is 10.6 Å². The summed E-state index contributed by atoms with van der Waals surface area (Å²) < 4.78 is 0. The third kappa shape index (κ3) is 3.50. The molecule has 2 saturated carbocycles. The van der Waals surface area contributed by atoms with Crippen LogP contribution in [0.25, 0.3) is 0 Å². The molecule has 6 atom stereocenters. The molecule has 2 bridgehead atoms. The van der Waals surface area contributed by atoms with Gasteiger partial charge in [-0.1, -0.05) is 25.5 Å². The second-order valence-corrected chi connectivity index (χ2v) is 8.48. The van der Waals surface area contributed by atoms with Crippen molar-refractivity contribution in [1.82, 2.24) is 15.5 Å². The number of imide groups is 1. The number of hydrogen-bond acceptors (Lipinski definition) is 3. The molecule has 0 spiro atoms. The summed E-state index contributed by atoms with van der Waals surface area (Å²) in [4.78, 5) is 31.5. The molecule has 3 fully saturated rings. The standard InChI is InChI=1S/C21H32N4O2/c1-3-6-13-12-16(13)24-21(22-4-2)23-9-5-10-25-19(26)17-14-7-8-15(11-14)18(17)20(25)27/h7-8,13-18H,3-6,9-12H2,1-2H3,(H2,22,23,24). The SMILES string of the molecule is CCCC1CC1NC(=NCCCN1C(=O)C2C3C=CC(C3)C2C1=O)NCC. The largest absolute Gasteiger partial charge is 0.357 e. The maximum Gasteiger partial charge on any atom is 0.233 e. The Labute approximate surface area is 161 Å². The van der Waals surface area contributed by atoms with E-state index in [1.54, 1.807) is 0 Å². The van der Waals surface area contributed by atoms with E-state index in [-0.39, 0.29) is 23.7 Å². The van der Waals surface area contributed by atoms with E-state index in [1.165, 1.54) is 24.2 Å². The number of nitrogens with one attached hydrogen (secondary N) is 2. The van der Waals surface area contributed by atoms with Crippen molar-refractivity contribution in [2.45, 2.75) is 52.0 Å². The van der Waals surface area contributed by atoms with E-state index in [2.05, 4.69) is 41.6 Å². The van der Waals surface area contributed by atoms with Crippen LogP contribution in [0.1, 0.15) is 46.0 Å². The highest BCUT2D eigenvalue weighted by Gasteiger charge is 2.58. The number of allylic oxidation sites excluding steroid dienone is 2. The van der Waals surface area contributed by atoms with E-state index in [0.717, 1.165) is 31.3 Å². The number of guanidine groups is 1. The maximum absolute atomic E-state index is 12.7. The molecular weight excluding hydrogens is 340 g/mol. The predicted molar refractivity (Wildman–Crippen MR) is 105 cm³/mol. The second-order valence-electron chi connectivity index (χ2n) is 8.48. The van der Waals surface area contributed by atoms with Crippen LogP contribution < -0.4 is 10.6 Å². The number of aliphatic imine (C=N–C) groups is 1. The van der Waals surface area contributed by atoms with Crippen LogP contribution in [0.5, 0.6) is 0 Å². The fourth-order valence-corrected chi connectivity index (χ4v) is 5.21. The van der Waals surface area contributed by atoms with Crippen molar-refractivity contribution >= 4 is 17.8 Å². The molecule has 6 heteroatoms. The monoisotopic (exact) mass is 372 g/mol. The minimum absolute atomic E-state index is 0.0521.